The summed E-state index contributed by atoms with van der Waals surface area (Å²) in [5, 5.41) is 14.8. The van der Waals surface area contributed by atoms with Crippen LogP contribution in [0.25, 0.3) is 0 Å². The second-order valence-corrected chi connectivity index (χ2v) is 1.85. The zero-order valence-electron chi connectivity index (χ0n) is 4.86. The lowest BCUT2D eigenvalue weighted by Gasteiger charge is -2.15. The topological polar surface area (TPSA) is 44.3 Å². The van der Waals surface area contributed by atoms with Crippen LogP contribution >= 0.6 is 0 Å². The van der Waals surface area contributed by atoms with Crippen molar-refractivity contribution in [1.82, 2.24) is 10.6 Å². The van der Waals surface area contributed by atoms with E-state index in [1.165, 1.54) is 0 Å². The molecular formula is C5H10N2O. The Hall–Kier alpha value is -0.700. The predicted octanol–water partition coefficient (Wildman–Crippen LogP) is -0.0738. The van der Waals surface area contributed by atoms with Crippen molar-refractivity contribution in [2.45, 2.75) is 6.92 Å². The molecule has 0 aromatic heterocycles. The summed E-state index contributed by atoms with van der Waals surface area (Å²) in [5.74, 6) is 0.413. The van der Waals surface area contributed by atoms with Crippen LogP contribution in [0, 0.1) is 0 Å². The Morgan fingerprint density at radius 3 is 2.75 bits per heavy atom. The van der Waals surface area contributed by atoms with Gasteiger partial charge < -0.3 is 10.4 Å². The van der Waals surface area contributed by atoms with E-state index >= 15 is 0 Å². The highest BCUT2D eigenvalue weighted by atomic mass is 16.3. The van der Waals surface area contributed by atoms with Crippen LogP contribution in [0.3, 0.4) is 0 Å². The minimum absolute atomic E-state index is 0.413. The van der Waals surface area contributed by atoms with E-state index in [0.717, 1.165) is 12.4 Å². The molecule has 0 saturated heterocycles. The van der Waals surface area contributed by atoms with Crippen LogP contribution in [0.15, 0.2) is 11.5 Å². The second-order valence-electron chi connectivity index (χ2n) is 1.85. The fourth-order valence-electron chi connectivity index (χ4n) is 0.611. The average Bonchev–Trinajstić information content (AvgIpc) is 1.77. The van der Waals surface area contributed by atoms with Crippen LogP contribution < -0.4 is 10.6 Å². The van der Waals surface area contributed by atoms with E-state index in [9.17, 15) is 0 Å². The fraction of sp³-hybridized carbons (Fsp3) is 0.600. The van der Waals surface area contributed by atoms with Gasteiger partial charge in [-0.05, 0) is 6.92 Å². The molecule has 0 saturated carbocycles. The first-order chi connectivity index (χ1) is 3.80. The molecule has 0 bridgehead atoms. The van der Waals surface area contributed by atoms with Gasteiger partial charge in [0.25, 0.3) is 0 Å². The molecule has 1 aliphatic rings. The third-order valence-corrected chi connectivity index (χ3v) is 1.20. The molecule has 1 heterocycles. The van der Waals surface area contributed by atoms with Gasteiger partial charge in [0.2, 0.25) is 0 Å². The van der Waals surface area contributed by atoms with Crippen molar-refractivity contribution in [3.63, 3.8) is 0 Å². The lowest BCUT2D eigenvalue weighted by molar-refractivity contribution is 0.358. The van der Waals surface area contributed by atoms with E-state index < -0.39 is 0 Å². The molecule has 3 N–H and O–H groups in total. The molecule has 0 atom stereocenters. The molecule has 0 unspecified atom stereocenters. The van der Waals surface area contributed by atoms with Gasteiger partial charge in [0.1, 0.15) is 5.76 Å². The molecule has 0 radical (unpaired) electrons. The van der Waals surface area contributed by atoms with E-state index in [-0.39, 0.29) is 0 Å². The number of allylic oxidation sites excluding steroid dienone is 1. The Kier molecular flexibility index (Phi) is 1.39. The fourth-order valence-corrected chi connectivity index (χ4v) is 0.611. The summed E-state index contributed by atoms with van der Waals surface area (Å²) in [5.41, 5.74) is 0.878. The van der Waals surface area contributed by atoms with Crippen LogP contribution in [0.1, 0.15) is 6.92 Å². The number of hydrogen-bond acceptors (Lipinski definition) is 3. The standard InChI is InChI=1S/C5H10N2O/c1-4-5(8)2-6-3-7-4/h6-8H,2-3H2,1H3. The number of hydrogen-bond donors (Lipinski definition) is 3. The summed E-state index contributed by atoms with van der Waals surface area (Å²) < 4.78 is 0. The number of aliphatic hydroxyl groups excluding tert-OH is 1. The smallest absolute Gasteiger partial charge is 0.125 e. The van der Waals surface area contributed by atoms with Crippen molar-refractivity contribution in [3.8, 4) is 0 Å². The molecule has 0 amide bonds. The normalized spacial score (nSPS) is 20.6. The molecule has 0 fully saturated rings. The summed E-state index contributed by atoms with van der Waals surface area (Å²) in [6, 6.07) is 0. The number of aliphatic hydroxyl groups is 1. The maximum Gasteiger partial charge on any atom is 0.125 e. The Labute approximate surface area is 48.4 Å². The maximum absolute atomic E-state index is 8.93. The van der Waals surface area contributed by atoms with Crippen LogP contribution in [0.4, 0.5) is 0 Å². The first-order valence-electron chi connectivity index (χ1n) is 2.64. The van der Waals surface area contributed by atoms with E-state index in [1.54, 1.807) is 0 Å². The Morgan fingerprint density at radius 1 is 1.62 bits per heavy atom. The monoisotopic (exact) mass is 114 g/mol. The van der Waals surface area contributed by atoms with Gasteiger partial charge in [-0.2, -0.15) is 0 Å². The zero-order valence-corrected chi connectivity index (χ0v) is 4.86. The Morgan fingerprint density at radius 2 is 2.38 bits per heavy atom. The first-order valence-corrected chi connectivity index (χ1v) is 2.64. The molecule has 3 heteroatoms. The molecule has 8 heavy (non-hydrogen) atoms. The van der Waals surface area contributed by atoms with Crippen molar-refractivity contribution in [2.24, 2.45) is 0 Å². The van der Waals surface area contributed by atoms with Crippen molar-refractivity contribution >= 4 is 0 Å². The van der Waals surface area contributed by atoms with E-state index in [2.05, 4.69) is 10.6 Å². The molecule has 0 aromatic carbocycles. The highest BCUT2D eigenvalue weighted by molar-refractivity contribution is 5.06. The number of nitrogens with one attached hydrogen (secondary N) is 2. The molecule has 0 aromatic rings. The molecule has 1 rings (SSSR count). The van der Waals surface area contributed by atoms with E-state index in [1.807, 2.05) is 6.92 Å². The lowest BCUT2D eigenvalue weighted by atomic mass is 10.3. The molecule has 0 spiro atoms. The second kappa shape index (κ2) is 2.05. The lowest BCUT2D eigenvalue weighted by Crippen LogP contribution is -2.35. The van der Waals surface area contributed by atoms with Gasteiger partial charge in [-0.3, -0.25) is 5.32 Å². The van der Waals surface area contributed by atoms with Gasteiger partial charge in [-0.1, -0.05) is 0 Å². The zero-order chi connectivity index (χ0) is 5.98. The van der Waals surface area contributed by atoms with Crippen LogP contribution in [0.2, 0.25) is 0 Å². The summed E-state index contributed by atoms with van der Waals surface area (Å²) in [6.07, 6.45) is 0. The van der Waals surface area contributed by atoms with Crippen molar-refractivity contribution in [3.05, 3.63) is 11.5 Å². The van der Waals surface area contributed by atoms with Gasteiger partial charge in [0.15, 0.2) is 0 Å². The Bertz CT molecular complexity index is 106. The van der Waals surface area contributed by atoms with Crippen molar-refractivity contribution in [1.29, 1.82) is 0 Å². The van der Waals surface area contributed by atoms with Gasteiger partial charge in [0.05, 0.1) is 13.2 Å². The van der Waals surface area contributed by atoms with Crippen LogP contribution in [-0.4, -0.2) is 18.3 Å². The van der Waals surface area contributed by atoms with Gasteiger partial charge in [-0.15, -0.1) is 0 Å². The highest BCUT2D eigenvalue weighted by Crippen LogP contribution is 1.96. The average molecular weight is 114 g/mol. The molecule has 46 valence electrons. The van der Waals surface area contributed by atoms with Crippen LogP contribution in [-0.2, 0) is 0 Å². The quantitative estimate of drug-likeness (QED) is 0.413. The van der Waals surface area contributed by atoms with Gasteiger partial charge >= 0.3 is 0 Å². The third-order valence-electron chi connectivity index (χ3n) is 1.20. The predicted molar refractivity (Wildman–Crippen MR) is 31.3 cm³/mol. The Balaban J connectivity index is 2.60. The SMILES string of the molecule is CC1=C(O)CNCN1. The molecule has 3 nitrogen and oxygen atoms in total. The van der Waals surface area contributed by atoms with Crippen molar-refractivity contribution in [2.75, 3.05) is 13.2 Å². The largest absolute Gasteiger partial charge is 0.509 e. The molecular weight excluding hydrogens is 104 g/mol. The highest BCUT2D eigenvalue weighted by Gasteiger charge is 2.03. The maximum atomic E-state index is 8.93. The third kappa shape index (κ3) is 0.924. The summed E-state index contributed by atoms with van der Waals surface area (Å²) in [4.78, 5) is 0. The summed E-state index contributed by atoms with van der Waals surface area (Å²) in [6.45, 7) is 3.21. The van der Waals surface area contributed by atoms with E-state index in [4.69, 9.17) is 5.11 Å². The minimum atomic E-state index is 0.413. The summed E-state index contributed by atoms with van der Waals surface area (Å²) >= 11 is 0. The molecule has 1 aliphatic heterocycles. The number of rotatable bonds is 0. The van der Waals surface area contributed by atoms with Gasteiger partial charge in [0, 0.05) is 5.70 Å². The minimum Gasteiger partial charge on any atom is -0.509 e. The first kappa shape index (κ1) is 5.44. The molecule has 0 aliphatic carbocycles. The van der Waals surface area contributed by atoms with Crippen molar-refractivity contribution < 1.29 is 5.11 Å². The van der Waals surface area contributed by atoms with Crippen LogP contribution in [0.5, 0.6) is 0 Å². The van der Waals surface area contributed by atoms with Gasteiger partial charge in [-0.25, -0.2) is 0 Å². The van der Waals surface area contributed by atoms with E-state index in [0.29, 0.717) is 12.3 Å². The summed E-state index contributed by atoms with van der Waals surface area (Å²) in [7, 11) is 0.